The molecule has 0 aromatic carbocycles. The van der Waals surface area contributed by atoms with E-state index in [4.69, 9.17) is 19.8 Å². The van der Waals surface area contributed by atoms with E-state index in [0.29, 0.717) is 37.0 Å². The Labute approximate surface area is 222 Å². The lowest BCUT2D eigenvalue weighted by molar-refractivity contribution is -0.135. The minimum atomic E-state index is -0.833. The van der Waals surface area contributed by atoms with Gasteiger partial charge in [0.1, 0.15) is 5.56 Å². The number of pyridine rings is 2. The molecule has 2 atom stereocenters. The van der Waals surface area contributed by atoms with Crippen LogP contribution in [-0.2, 0) is 16.1 Å². The van der Waals surface area contributed by atoms with Crippen molar-refractivity contribution >= 4 is 23.5 Å². The largest absolute Gasteiger partial charge is 0.481 e. The number of piperidine rings is 1. The number of carboxylic acid groups (broad SMARTS) is 2. The summed E-state index contributed by atoms with van der Waals surface area (Å²) in [6, 6.07) is 7.94. The number of nitrogens with zero attached hydrogens (tertiary/aromatic N) is 4. The molecule has 11 heteroatoms. The number of aliphatic carboxylic acids is 2. The first-order valence-electron chi connectivity index (χ1n) is 12.8. The number of rotatable bonds is 2. The van der Waals surface area contributed by atoms with E-state index in [9.17, 15) is 9.59 Å². The van der Waals surface area contributed by atoms with E-state index in [2.05, 4.69) is 27.3 Å². The molecule has 5 rings (SSSR count). The molecule has 0 saturated carbocycles. The number of piperazine rings is 1. The number of amides is 1. The van der Waals surface area contributed by atoms with E-state index in [1.54, 1.807) is 6.07 Å². The van der Waals surface area contributed by atoms with Gasteiger partial charge < -0.3 is 29.9 Å². The van der Waals surface area contributed by atoms with Crippen molar-refractivity contribution in [3.8, 4) is 0 Å². The van der Waals surface area contributed by atoms with Crippen LogP contribution in [0.2, 0.25) is 0 Å². The summed E-state index contributed by atoms with van der Waals surface area (Å²) in [4.78, 5) is 52.9. The van der Waals surface area contributed by atoms with Gasteiger partial charge in [-0.1, -0.05) is 0 Å². The van der Waals surface area contributed by atoms with Gasteiger partial charge in [-0.05, 0) is 57.0 Å². The van der Waals surface area contributed by atoms with E-state index >= 15 is 0 Å². The summed E-state index contributed by atoms with van der Waals surface area (Å²) in [7, 11) is 0. The second-order valence-corrected chi connectivity index (χ2v) is 9.97. The summed E-state index contributed by atoms with van der Waals surface area (Å²) in [6.45, 7) is 11.5. The number of aromatic nitrogens is 2. The SMILES string of the molecule is CC(=O)O.CC(=O)O.Cc1cc(N2CCN(C(=O)c3ccc4n(c3=O)C[C@@H]3CNC[C@H]4C3)CC2)cc(C)n1. The fourth-order valence-corrected chi connectivity index (χ4v) is 5.29. The van der Waals surface area contributed by atoms with Crippen LogP contribution in [0.15, 0.2) is 29.1 Å². The number of carbonyl (C=O) groups is 3. The van der Waals surface area contributed by atoms with E-state index in [0.717, 1.165) is 69.2 Å². The van der Waals surface area contributed by atoms with Crippen LogP contribution in [0.5, 0.6) is 0 Å². The van der Waals surface area contributed by atoms with Crippen LogP contribution in [0.1, 0.15) is 53.6 Å². The Hall–Kier alpha value is -3.73. The first kappa shape index (κ1) is 28.8. The molecule has 1 amide bonds. The summed E-state index contributed by atoms with van der Waals surface area (Å²) >= 11 is 0. The Bertz CT molecular complexity index is 1190. The van der Waals surface area contributed by atoms with Crippen LogP contribution in [0.4, 0.5) is 5.69 Å². The van der Waals surface area contributed by atoms with E-state index in [1.807, 2.05) is 29.4 Å². The van der Waals surface area contributed by atoms with Gasteiger partial charge in [0, 0.05) is 81.8 Å². The molecule has 2 fully saturated rings. The zero-order valence-corrected chi connectivity index (χ0v) is 22.4. The van der Waals surface area contributed by atoms with Crippen LogP contribution in [-0.4, -0.2) is 81.8 Å². The Morgan fingerprint density at radius 3 is 2.11 bits per heavy atom. The molecule has 206 valence electrons. The number of nitrogens with one attached hydrogen (secondary N) is 1. The maximum atomic E-state index is 13.2. The number of aryl methyl sites for hydroxylation is 2. The van der Waals surface area contributed by atoms with Gasteiger partial charge in [-0.3, -0.25) is 24.2 Å². The molecule has 3 N–H and O–H groups in total. The molecule has 0 radical (unpaired) electrons. The molecule has 11 nitrogen and oxygen atoms in total. The third-order valence-corrected chi connectivity index (χ3v) is 6.74. The second kappa shape index (κ2) is 12.7. The molecule has 38 heavy (non-hydrogen) atoms. The van der Waals surface area contributed by atoms with E-state index in [1.165, 1.54) is 0 Å². The van der Waals surface area contributed by atoms with Crippen LogP contribution in [0, 0.1) is 19.8 Å². The van der Waals surface area contributed by atoms with Crippen molar-refractivity contribution in [1.82, 2.24) is 19.8 Å². The molecular weight excluding hydrogens is 490 g/mol. The lowest BCUT2D eigenvalue weighted by Gasteiger charge is -2.38. The highest BCUT2D eigenvalue weighted by atomic mass is 16.4. The Morgan fingerprint density at radius 2 is 1.53 bits per heavy atom. The summed E-state index contributed by atoms with van der Waals surface area (Å²) in [5.74, 6) is -0.939. The van der Waals surface area contributed by atoms with Crippen molar-refractivity contribution in [3.63, 3.8) is 0 Å². The van der Waals surface area contributed by atoms with Crippen molar-refractivity contribution in [2.45, 2.75) is 46.6 Å². The molecular formula is C27H37N5O6. The Kier molecular flexibility index (Phi) is 9.62. The Balaban J connectivity index is 0.000000443. The lowest BCUT2D eigenvalue weighted by atomic mass is 9.84. The number of fused-ring (bicyclic) bond motifs is 4. The lowest BCUT2D eigenvalue weighted by Crippen LogP contribution is -2.51. The first-order chi connectivity index (χ1) is 18.0. The van der Waals surface area contributed by atoms with Crippen LogP contribution in [0.25, 0.3) is 0 Å². The molecule has 2 saturated heterocycles. The monoisotopic (exact) mass is 527 g/mol. The summed E-state index contributed by atoms with van der Waals surface area (Å²) < 4.78 is 1.87. The fraction of sp³-hybridized carbons (Fsp3) is 0.519. The average molecular weight is 528 g/mol. The molecule has 3 aliphatic heterocycles. The maximum absolute atomic E-state index is 13.2. The minimum Gasteiger partial charge on any atom is -0.481 e. The molecule has 3 aliphatic rings. The fourth-order valence-electron chi connectivity index (χ4n) is 5.29. The van der Waals surface area contributed by atoms with Gasteiger partial charge in [0.2, 0.25) is 0 Å². The maximum Gasteiger partial charge on any atom is 0.300 e. The van der Waals surface area contributed by atoms with Gasteiger partial charge >= 0.3 is 0 Å². The van der Waals surface area contributed by atoms with Crippen molar-refractivity contribution in [2.24, 2.45) is 5.92 Å². The van der Waals surface area contributed by atoms with E-state index < -0.39 is 11.9 Å². The molecule has 5 heterocycles. The van der Waals surface area contributed by atoms with Gasteiger partial charge in [-0.2, -0.15) is 0 Å². The highest BCUT2D eigenvalue weighted by Gasteiger charge is 2.33. The summed E-state index contributed by atoms with van der Waals surface area (Å²) in [6.07, 6.45) is 1.13. The average Bonchev–Trinajstić information content (AvgIpc) is 2.83. The Morgan fingerprint density at radius 1 is 0.947 bits per heavy atom. The third-order valence-electron chi connectivity index (χ3n) is 6.74. The predicted molar refractivity (Wildman–Crippen MR) is 143 cm³/mol. The predicted octanol–water partition coefficient (Wildman–Crippen LogP) is 1.71. The number of carboxylic acids is 2. The van der Waals surface area contributed by atoms with Crippen molar-refractivity contribution < 1.29 is 24.6 Å². The molecule has 2 bridgehead atoms. The van der Waals surface area contributed by atoms with Crippen molar-refractivity contribution in [2.75, 3.05) is 44.2 Å². The molecule has 2 aromatic heterocycles. The highest BCUT2D eigenvalue weighted by Crippen LogP contribution is 2.31. The number of hydrogen-bond donors (Lipinski definition) is 3. The standard InChI is InChI=1S/C23H29N5O2.2C2H4O2/c1-15-9-19(10-16(2)25-15)26-5-7-27(8-6-26)22(29)20-3-4-21-18-11-17(12-24-13-18)14-28(21)23(20)30;2*1-2(3)4/h3-4,9-10,17-18,24H,5-8,11-14H2,1-2H3;2*1H3,(H,3,4)/t17-,18+;;/m0../s1. The summed E-state index contributed by atoms with van der Waals surface area (Å²) in [5.41, 5.74) is 4.44. The van der Waals surface area contributed by atoms with E-state index in [-0.39, 0.29) is 11.5 Å². The second-order valence-electron chi connectivity index (χ2n) is 9.97. The smallest absolute Gasteiger partial charge is 0.300 e. The first-order valence-corrected chi connectivity index (χ1v) is 12.8. The van der Waals surface area contributed by atoms with Gasteiger partial charge in [0.15, 0.2) is 0 Å². The normalized spacial score (nSPS) is 19.7. The number of hydrogen-bond acceptors (Lipinski definition) is 7. The molecule has 0 aliphatic carbocycles. The summed E-state index contributed by atoms with van der Waals surface area (Å²) in [5, 5.41) is 18.3. The van der Waals surface area contributed by atoms with Gasteiger partial charge in [0.05, 0.1) is 0 Å². The van der Waals surface area contributed by atoms with Gasteiger partial charge in [-0.15, -0.1) is 0 Å². The van der Waals surface area contributed by atoms with Crippen LogP contribution >= 0.6 is 0 Å². The van der Waals surface area contributed by atoms with Crippen molar-refractivity contribution in [1.29, 1.82) is 0 Å². The minimum absolute atomic E-state index is 0.114. The zero-order valence-electron chi connectivity index (χ0n) is 22.4. The van der Waals surface area contributed by atoms with Crippen molar-refractivity contribution in [3.05, 3.63) is 57.3 Å². The van der Waals surface area contributed by atoms with Crippen LogP contribution < -0.4 is 15.8 Å². The third kappa shape index (κ3) is 7.41. The molecule has 0 spiro atoms. The van der Waals surface area contributed by atoms with Gasteiger partial charge in [0.25, 0.3) is 23.4 Å². The molecule has 0 unspecified atom stereocenters. The topological polar surface area (TPSA) is 145 Å². The zero-order chi connectivity index (χ0) is 28.0. The number of anilines is 1. The number of carbonyl (C=O) groups excluding carboxylic acids is 1. The molecule has 2 aromatic rings. The quantitative estimate of drug-likeness (QED) is 0.531. The van der Waals surface area contributed by atoms with Gasteiger partial charge in [-0.25, -0.2) is 0 Å². The van der Waals surface area contributed by atoms with Crippen LogP contribution in [0.3, 0.4) is 0 Å². The highest BCUT2D eigenvalue weighted by molar-refractivity contribution is 5.94.